The monoisotopic (exact) mass is 364 g/mol. The van der Waals surface area contributed by atoms with Gasteiger partial charge in [-0.2, -0.15) is 0 Å². The average Bonchev–Trinajstić information content (AvgIpc) is 2.75. The predicted molar refractivity (Wildman–Crippen MR) is 93.8 cm³/mol. The Labute approximate surface area is 148 Å². The van der Waals surface area contributed by atoms with Crippen LogP contribution in [0.5, 0.6) is 0 Å². The van der Waals surface area contributed by atoms with Crippen molar-refractivity contribution in [2.45, 2.75) is 63.4 Å². The Morgan fingerprint density at radius 2 is 1.84 bits per heavy atom. The number of carbonyl (C=O) groups excluding carboxylic acids is 2. The topological polar surface area (TPSA) is 83.6 Å². The first-order valence-corrected chi connectivity index (χ1v) is 10.2. The van der Waals surface area contributed by atoms with Gasteiger partial charge in [0.05, 0.1) is 5.56 Å². The lowest BCUT2D eigenvalue weighted by Crippen LogP contribution is -2.37. The summed E-state index contributed by atoms with van der Waals surface area (Å²) in [5, 5.41) is 2.99. The third-order valence-corrected chi connectivity index (χ3v) is 7.03. The summed E-state index contributed by atoms with van der Waals surface area (Å²) in [5.41, 5.74) is 0.413. The average molecular weight is 364 g/mol. The van der Waals surface area contributed by atoms with Crippen LogP contribution >= 0.6 is 0 Å². The predicted octanol–water partition coefficient (Wildman–Crippen LogP) is 2.55. The van der Waals surface area contributed by atoms with E-state index in [-0.39, 0.29) is 28.0 Å². The molecule has 1 aromatic carbocycles. The van der Waals surface area contributed by atoms with E-state index in [2.05, 4.69) is 12.2 Å². The highest BCUT2D eigenvalue weighted by atomic mass is 32.2. The van der Waals surface area contributed by atoms with Crippen molar-refractivity contribution in [1.29, 1.82) is 0 Å². The Morgan fingerprint density at radius 1 is 1.20 bits per heavy atom. The molecule has 0 radical (unpaired) electrons. The molecule has 1 fully saturated rings. The van der Waals surface area contributed by atoms with E-state index in [4.69, 9.17) is 0 Å². The number of nitrogens with zero attached hydrogens (tertiary/aromatic N) is 1. The van der Waals surface area contributed by atoms with Crippen molar-refractivity contribution in [3.8, 4) is 0 Å². The molecule has 0 unspecified atom stereocenters. The first-order chi connectivity index (χ1) is 11.7. The second-order valence-electron chi connectivity index (χ2n) is 7.34. The van der Waals surface area contributed by atoms with Crippen molar-refractivity contribution in [3.63, 3.8) is 0 Å². The number of carbonyl (C=O) groups is 2. The van der Waals surface area contributed by atoms with Crippen molar-refractivity contribution in [1.82, 2.24) is 9.62 Å². The molecule has 1 heterocycles. The Hall–Kier alpha value is -1.89. The summed E-state index contributed by atoms with van der Waals surface area (Å²) in [7, 11) is -3.89. The maximum absolute atomic E-state index is 12.6. The van der Waals surface area contributed by atoms with E-state index >= 15 is 0 Å². The van der Waals surface area contributed by atoms with E-state index in [1.807, 2.05) is 0 Å². The molecule has 2 aliphatic rings. The molecular weight excluding hydrogens is 340 g/mol. The molecule has 136 valence electrons. The minimum atomic E-state index is -3.89. The summed E-state index contributed by atoms with van der Waals surface area (Å²) in [5.74, 6) is -0.127. The summed E-state index contributed by atoms with van der Waals surface area (Å²) in [6, 6.07) is 3.95. The number of benzene rings is 1. The smallest absolute Gasteiger partial charge is 0.269 e. The molecule has 1 aliphatic carbocycles. The third-order valence-electron chi connectivity index (χ3n) is 5.03. The number of hydrogen-bond acceptors (Lipinski definition) is 4. The Morgan fingerprint density at radius 3 is 2.44 bits per heavy atom. The van der Waals surface area contributed by atoms with Gasteiger partial charge in [-0.25, -0.2) is 12.7 Å². The quantitative estimate of drug-likeness (QED) is 0.893. The Bertz CT molecular complexity index is 808. The van der Waals surface area contributed by atoms with Crippen molar-refractivity contribution >= 4 is 21.8 Å². The number of nitrogens with one attached hydrogen (secondary N) is 1. The molecule has 0 aromatic heterocycles. The molecule has 1 saturated carbocycles. The normalized spacial score (nSPS) is 25.1. The maximum atomic E-state index is 12.6. The number of sulfonamides is 1. The lowest BCUT2D eigenvalue weighted by molar-refractivity contribution is 0.0845. The molecule has 0 atom stereocenters. The molecule has 3 rings (SSSR count). The Kier molecular flexibility index (Phi) is 4.62. The van der Waals surface area contributed by atoms with Crippen LogP contribution in [0.25, 0.3) is 0 Å². The van der Waals surface area contributed by atoms with Crippen LogP contribution in [-0.2, 0) is 10.0 Å². The molecule has 1 N–H and O–H groups in total. The zero-order valence-electron chi connectivity index (χ0n) is 14.8. The van der Waals surface area contributed by atoms with Crippen LogP contribution in [0.4, 0.5) is 0 Å². The minimum absolute atomic E-state index is 0.0730. The van der Waals surface area contributed by atoms with Gasteiger partial charge in [-0.3, -0.25) is 9.59 Å². The maximum Gasteiger partial charge on any atom is 0.269 e. The van der Waals surface area contributed by atoms with Crippen LogP contribution in [0.15, 0.2) is 23.1 Å². The van der Waals surface area contributed by atoms with E-state index in [0.29, 0.717) is 5.92 Å². The van der Waals surface area contributed by atoms with Crippen LogP contribution in [-0.4, -0.2) is 36.6 Å². The molecule has 1 aromatic rings. The highest BCUT2D eigenvalue weighted by Crippen LogP contribution is 2.32. The zero-order valence-corrected chi connectivity index (χ0v) is 15.6. The highest BCUT2D eigenvalue weighted by Gasteiger charge is 2.43. The Balaban J connectivity index is 1.84. The van der Waals surface area contributed by atoms with Crippen LogP contribution in [0.2, 0.25) is 0 Å². The van der Waals surface area contributed by atoms with Gasteiger partial charge < -0.3 is 5.32 Å². The van der Waals surface area contributed by atoms with E-state index < -0.39 is 22.0 Å². The number of rotatable bonds is 3. The van der Waals surface area contributed by atoms with Gasteiger partial charge in [0.1, 0.15) is 4.90 Å². The first-order valence-electron chi connectivity index (χ1n) is 8.75. The van der Waals surface area contributed by atoms with Crippen molar-refractivity contribution in [3.05, 3.63) is 29.3 Å². The van der Waals surface area contributed by atoms with Gasteiger partial charge in [-0.15, -0.1) is 0 Å². The number of fused-ring (bicyclic) bond motifs is 1. The summed E-state index contributed by atoms with van der Waals surface area (Å²) in [6.07, 6.45) is 4.05. The van der Waals surface area contributed by atoms with Crippen molar-refractivity contribution < 1.29 is 18.0 Å². The molecule has 0 spiro atoms. The SMILES string of the molecule is CC1CCC(NC(=O)c2ccc3c(c2)S(=O)(=O)N(C(C)C)C3=O)CC1. The van der Waals surface area contributed by atoms with Crippen LogP contribution < -0.4 is 5.32 Å². The molecule has 25 heavy (non-hydrogen) atoms. The van der Waals surface area contributed by atoms with E-state index in [9.17, 15) is 18.0 Å². The third kappa shape index (κ3) is 3.17. The molecule has 2 amide bonds. The largest absolute Gasteiger partial charge is 0.349 e. The number of hydrogen-bond donors (Lipinski definition) is 1. The van der Waals surface area contributed by atoms with Gasteiger partial charge in [-0.05, 0) is 63.6 Å². The fourth-order valence-corrected chi connectivity index (χ4v) is 5.37. The second-order valence-corrected chi connectivity index (χ2v) is 9.12. The number of amides is 2. The molecular formula is C18H24N2O4S. The van der Waals surface area contributed by atoms with Gasteiger partial charge >= 0.3 is 0 Å². The summed E-state index contributed by atoms with van der Waals surface area (Å²) in [6.45, 7) is 5.51. The lowest BCUT2D eigenvalue weighted by atomic mass is 9.87. The first kappa shape index (κ1) is 17.9. The second kappa shape index (κ2) is 6.44. The molecule has 7 heteroatoms. The molecule has 0 saturated heterocycles. The minimum Gasteiger partial charge on any atom is -0.349 e. The molecule has 1 aliphatic heterocycles. The fourth-order valence-electron chi connectivity index (χ4n) is 3.57. The van der Waals surface area contributed by atoms with E-state index in [1.165, 1.54) is 18.2 Å². The van der Waals surface area contributed by atoms with Gasteiger partial charge in [0.15, 0.2) is 0 Å². The highest BCUT2D eigenvalue weighted by molar-refractivity contribution is 7.90. The van der Waals surface area contributed by atoms with Gasteiger partial charge in [-0.1, -0.05) is 6.92 Å². The summed E-state index contributed by atoms with van der Waals surface area (Å²) >= 11 is 0. The fraction of sp³-hybridized carbons (Fsp3) is 0.556. The van der Waals surface area contributed by atoms with Crippen LogP contribution in [0, 0.1) is 5.92 Å². The van der Waals surface area contributed by atoms with Gasteiger partial charge in [0, 0.05) is 17.6 Å². The zero-order chi connectivity index (χ0) is 18.4. The van der Waals surface area contributed by atoms with Crippen molar-refractivity contribution in [2.75, 3.05) is 0 Å². The molecule has 0 bridgehead atoms. The van der Waals surface area contributed by atoms with E-state index in [1.54, 1.807) is 13.8 Å². The molecule has 6 nitrogen and oxygen atoms in total. The van der Waals surface area contributed by atoms with Gasteiger partial charge in [0.2, 0.25) is 0 Å². The van der Waals surface area contributed by atoms with Crippen LogP contribution in [0.1, 0.15) is 67.2 Å². The van der Waals surface area contributed by atoms with E-state index in [0.717, 1.165) is 30.0 Å². The lowest BCUT2D eigenvalue weighted by Gasteiger charge is -2.26. The van der Waals surface area contributed by atoms with Gasteiger partial charge in [0.25, 0.3) is 21.8 Å². The standard InChI is InChI=1S/C18H24N2O4S/c1-11(2)20-18(22)15-9-6-13(10-16(15)25(20,23)24)17(21)19-14-7-4-12(3)5-8-14/h6,9-12,14H,4-5,7-8H2,1-3H3,(H,19,21). The van der Waals surface area contributed by atoms with Crippen LogP contribution in [0.3, 0.4) is 0 Å². The summed E-state index contributed by atoms with van der Waals surface area (Å²) in [4.78, 5) is 24.8. The summed E-state index contributed by atoms with van der Waals surface area (Å²) < 4.78 is 26.1. The van der Waals surface area contributed by atoms with Crippen molar-refractivity contribution in [2.24, 2.45) is 5.92 Å².